The maximum absolute atomic E-state index is 13.0. The number of halogens is 1. The van der Waals surface area contributed by atoms with Gasteiger partial charge in [0, 0.05) is 49.9 Å². The van der Waals surface area contributed by atoms with Crippen molar-refractivity contribution in [2.75, 3.05) is 31.7 Å². The van der Waals surface area contributed by atoms with Crippen molar-refractivity contribution in [1.82, 2.24) is 9.80 Å². The summed E-state index contributed by atoms with van der Waals surface area (Å²) in [7, 11) is 1.75. The van der Waals surface area contributed by atoms with E-state index in [1.807, 2.05) is 56.9 Å². The van der Waals surface area contributed by atoms with Gasteiger partial charge in [0.1, 0.15) is 5.84 Å². The van der Waals surface area contributed by atoms with E-state index >= 15 is 0 Å². The number of piperazine rings is 1. The molecule has 1 aromatic rings. The summed E-state index contributed by atoms with van der Waals surface area (Å²) in [6.07, 6.45) is 9.46. The van der Waals surface area contributed by atoms with Gasteiger partial charge < -0.3 is 9.80 Å². The molecule has 1 aliphatic heterocycles. The molecule has 1 atom stereocenters. The van der Waals surface area contributed by atoms with Gasteiger partial charge in [-0.2, -0.15) is 5.10 Å². The first-order valence-electron chi connectivity index (χ1n) is 11.0. The quantitative estimate of drug-likeness (QED) is 0.157. The molecule has 1 amide bonds. The lowest BCUT2D eigenvalue weighted by molar-refractivity contribution is -0.130. The highest BCUT2D eigenvalue weighted by Crippen LogP contribution is 2.27. The highest BCUT2D eigenvalue weighted by atomic mass is 35.5. The van der Waals surface area contributed by atoms with Gasteiger partial charge >= 0.3 is 0 Å². The van der Waals surface area contributed by atoms with Gasteiger partial charge in [-0.25, -0.2) is 0 Å². The first kappa shape index (κ1) is 26.3. The summed E-state index contributed by atoms with van der Waals surface area (Å²) in [4.78, 5) is 29.5. The zero-order valence-electron chi connectivity index (χ0n) is 20.3. The standard InChI is InChI=1S/C25H34ClN5O2/c1-7-9-10-13-25(4,5)24(27)30-14-15-31(18(3)17-30)23(33)22(32)19-11-12-21(20(26)16-19)29(6)28-8-2/h7-13,16,18,27H,14-15,17H2,1-6H3/b9-7-,13-10-,27-24?,28-8-/t18-/m1/s1. The van der Waals surface area contributed by atoms with Crippen molar-refractivity contribution in [1.29, 1.82) is 5.41 Å². The van der Waals surface area contributed by atoms with E-state index in [4.69, 9.17) is 17.0 Å². The minimum absolute atomic E-state index is 0.203. The molecule has 0 spiro atoms. The van der Waals surface area contributed by atoms with Gasteiger partial charge in [0.2, 0.25) is 5.78 Å². The Morgan fingerprint density at radius 2 is 1.94 bits per heavy atom. The maximum Gasteiger partial charge on any atom is 0.295 e. The lowest BCUT2D eigenvalue weighted by Crippen LogP contribution is -2.58. The summed E-state index contributed by atoms with van der Waals surface area (Å²) in [5.74, 6) is -0.644. The minimum Gasteiger partial charge on any atom is -0.356 e. The fourth-order valence-corrected chi connectivity index (χ4v) is 4.06. The van der Waals surface area contributed by atoms with E-state index in [1.165, 1.54) is 6.07 Å². The van der Waals surface area contributed by atoms with Gasteiger partial charge in [-0.3, -0.25) is 20.0 Å². The second-order valence-electron chi connectivity index (χ2n) is 8.64. The summed E-state index contributed by atoms with van der Waals surface area (Å²) in [5, 5.41) is 14.8. The molecule has 0 saturated carbocycles. The molecule has 1 fully saturated rings. The number of carbonyl (C=O) groups excluding carboxylic acids is 2. The van der Waals surface area contributed by atoms with Crippen LogP contribution in [0.5, 0.6) is 0 Å². The number of hydrazone groups is 1. The molecule has 0 aromatic heterocycles. The van der Waals surface area contributed by atoms with E-state index in [0.717, 1.165) is 0 Å². The number of amides is 1. The fourth-order valence-electron chi connectivity index (χ4n) is 3.76. The number of rotatable bonds is 7. The predicted octanol–water partition coefficient (Wildman–Crippen LogP) is 4.63. The number of allylic oxidation sites excluding steroid dienone is 3. The smallest absolute Gasteiger partial charge is 0.295 e. The molecule has 2 rings (SSSR count). The number of anilines is 1. The van der Waals surface area contributed by atoms with Crippen LogP contribution in [0, 0.1) is 10.8 Å². The molecule has 1 N–H and O–H groups in total. The maximum atomic E-state index is 13.0. The number of ketones is 1. The molecule has 1 aromatic carbocycles. The number of hydrogen-bond donors (Lipinski definition) is 1. The molecule has 7 nitrogen and oxygen atoms in total. The number of nitrogens with zero attached hydrogens (tertiary/aromatic N) is 4. The van der Waals surface area contributed by atoms with Crippen molar-refractivity contribution in [3.63, 3.8) is 0 Å². The van der Waals surface area contributed by atoms with Gasteiger partial charge in [-0.15, -0.1) is 0 Å². The van der Waals surface area contributed by atoms with Crippen molar-refractivity contribution in [3.05, 3.63) is 53.1 Å². The van der Waals surface area contributed by atoms with Crippen LogP contribution in [0.1, 0.15) is 45.0 Å². The van der Waals surface area contributed by atoms with E-state index in [1.54, 1.807) is 42.2 Å². The third-order valence-corrected chi connectivity index (χ3v) is 5.98. The molecule has 1 aliphatic rings. The van der Waals surface area contributed by atoms with E-state index < -0.39 is 17.1 Å². The van der Waals surface area contributed by atoms with Gasteiger partial charge in [0.25, 0.3) is 5.91 Å². The van der Waals surface area contributed by atoms with Crippen LogP contribution in [0.2, 0.25) is 5.02 Å². The molecule has 8 heteroatoms. The number of Topliss-reactive ketones (excluding diaryl/α,β-unsaturated/α-hetero) is 1. The first-order chi connectivity index (χ1) is 15.5. The Morgan fingerprint density at radius 3 is 2.52 bits per heavy atom. The van der Waals surface area contributed by atoms with Gasteiger partial charge in [0.05, 0.1) is 10.7 Å². The molecule has 1 saturated heterocycles. The second-order valence-corrected chi connectivity index (χ2v) is 9.05. The summed E-state index contributed by atoms with van der Waals surface area (Å²) < 4.78 is 0. The number of benzene rings is 1. The van der Waals surface area contributed by atoms with Gasteiger partial charge in [0.15, 0.2) is 0 Å². The zero-order chi connectivity index (χ0) is 24.8. The van der Waals surface area contributed by atoms with Crippen molar-refractivity contribution >= 4 is 41.0 Å². The SMILES string of the molecule is C/C=C\C=C/C(C)(C)C(=N)N1CCN(C(=O)C(=O)c2ccc(N(C)/N=C\C)c(Cl)c2)[C@H](C)C1. The van der Waals surface area contributed by atoms with Crippen LogP contribution >= 0.6 is 11.6 Å². The normalized spacial score (nSPS) is 17.4. The molecule has 178 valence electrons. The monoisotopic (exact) mass is 471 g/mol. The fraction of sp³-hybridized carbons (Fsp3) is 0.440. The number of nitrogens with one attached hydrogen (secondary N) is 1. The molecule has 0 radical (unpaired) electrons. The molecular weight excluding hydrogens is 438 g/mol. The molecule has 1 heterocycles. The van der Waals surface area contributed by atoms with Gasteiger partial charge in [-0.05, 0) is 52.8 Å². The molecule has 0 unspecified atom stereocenters. The van der Waals surface area contributed by atoms with Crippen molar-refractivity contribution < 1.29 is 9.59 Å². The molecule has 33 heavy (non-hydrogen) atoms. The number of hydrogen-bond acceptors (Lipinski definition) is 5. The Kier molecular flexibility index (Phi) is 8.99. The van der Waals surface area contributed by atoms with Crippen LogP contribution in [0.25, 0.3) is 0 Å². The summed E-state index contributed by atoms with van der Waals surface area (Å²) in [6.45, 7) is 11.0. The highest BCUT2D eigenvalue weighted by Gasteiger charge is 2.35. The third-order valence-electron chi connectivity index (χ3n) is 5.67. The van der Waals surface area contributed by atoms with Crippen molar-refractivity contribution in [2.45, 2.75) is 40.7 Å². The average molecular weight is 472 g/mol. The van der Waals surface area contributed by atoms with E-state index in [-0.39, 0.29) is 11.6 Å². The average Bonchev–Trinajstić information content (AvgIpc) is 2.77. The minimum atomic E-state index is -0.588. The Morgan fingerprint density at radius 1 is 1.24 bits per heavy atom. The second kappa shape index (κ2) is 11.3. The summed E-state index contributed by atoms with van der Waals surface area (Å²) in [5.41, 5.74) is 0.458. The Bertz CT molecular complexity index is 983. The number of amidine groups is 1. The lowest BCUT2D eigenvalue weighted by atomic mass is 9.89. The van der Waals surface area contributed by atoms with Crippen molar-refractivity contribution in [3.8, 4) is 0 Å². The van der Waals surface area contributed by atoms with Crippen molar-refractivity contribution in [2.24, 2.45) is 10.5 Å². The molecular formula is C25H34ClN5O2. The van der Waals surface area contributed by atoms with E-state index in [2.05, 4.69) is 5.10 Å². The predicted molar refractivity (Wildman–Crippen MR) is 137 cm³/mol. The third kappa shape index (κ3) is 6.32. The van der Waals surface area contributed by atoms with Crippen LogP contribution in [0.15, 0.2) is 47.6 Å². The topological polar surface area (TPSA) is 80.1 Å². The lowest BCUT2D eigenvalue weighted by Gasteiger charge is -2.43. The summed E-state index contributed by atoms with van der Waals surface area (Å²) in [6, 6.07) is 4.58. The summed E-state index contributed by atoms with van der Waals surface area (Å²) >= 11 is 6.33. The van der Waals surface area contributed by atoms with Gasteiger partial charge in [-0.1, -0.05) is 35.9 Å². The van der Waals surface area contributed by atoms with Crippen LogP contribution in [0.4, 0.5) is 5.69 Å². The highest BCUT2D eigenvalue weighted by molar-refractivity contribution is 6.43. The Hall–Kier alpha value is -2.93. The van der Waals surface area contributed by atoms with Crippen LogP contribution in [-0.4, -0.2) is 66.3 Å². The van der Waals surface area contributed by atoms with E-state index in [9.17, 15) is 9.59 Å². The van der Waals surface area contributed by atoms with Crippen LogP contribution in [-0.2, 0) is 4.79 Å². The zero-order valence-corrected chi connectivity index (χ0v) is 21.1. The van der Waals surface area contributed by atoms with E-state index in [0.29, 0.717) is 36.2 Å². The Labute approximate surface area is 201 Å². The largest absolute Gasteiger partial charge is 0.356 e. The first-order valence-corrected chi connectivity index (χ1v) is 11.4. The number of carbonyl (C=O) groups is 2. The van der Waals surface area contributed by atoms with Crippen LogP contribution in [0.3, 0.4) is 0 Å². The van der Waals surface area contributed by atoms with Crippen LogP contribution < -0.4 is 5.01 Å². The molecule has 0 bridgehead atoms. The Balaban J connectivity index is 2.09. The molecule has 0 aliphatic carbocycles.